The van der Waals surface area contributed by atoms with E-state index in [1.54, 1.807) is 11.3 Å². The molecular formula is C16H18O2S. The summed E-state index contributed by atoms with van der Waals surface area (Å²) in [7, 11) is 0. The number of rotatable bonds is 5. The van der Waals surface area contributed by atoms with Crippen LogP contribution in [-0.2, 0) is 11.3 Å². The summed E-state index contributed by atoms with van der Waals surface area (Å²) in [5, 5.41) is 2.01. The van der Waals surface area contributed by atoms with Crippen molar-refractivity contribution in [1.29, 1.82) is 0 Å². The van der Waals surface area contributed by atoms with Crippen molar-refractivity contribution in [3.63, 3.8) is 0 Å². The number of thiophene rings is 1. The van der Waals surface area contributed by atoms with E-state index in [1.165, 1.54) is 5.56 Å². The Balaban J connectivity index is 2.00. The summed E-state index contributed by atoms with van der Waals surface area (Å²) in [6, 6.07) is 8.08. The topological polar surface area (TPSA) is 26.3 Å². The Morgan fingerprint density at radius 1 is 1.21 bits per heavy atom. The molecule has 0 saturated heterocycles. The third kappa shape index (κ3) is 3.52. The summed E-state index contributed by atoms with van der Waals surface area (Å²) in [5.74, 6) is 0.0616. The van der Waals surface area contributed by atoms with Crippen LogP contribution in [0.5, 0.6) is 0 Å². The molecule has 1 aromatic heterocycles. The van der Waals surface area contributed by atoms with Gasteiger partial charge in [0.15, 0.2) is 5.78 Å². The first-order valence-electron chi connectivity index (χ1n) is 6.29. The molecule has 2 aromatic rings. The van der Waals surface area contributed by atoms with Gasteiger partial charge >= 0.3 is 0 Å². The number of aryl methyl sites for hydroxylation is 3. The normalized spacial score (nSPS) is 10.7. The van der Waals surface area contributed by atoms with Gasteiger partial charge in [0.1, 0.15) is 6.61 Å². The lowest BCUT2D eigenvalue weighted by Gasteiger charge is -2.10. The van der Waals surface area contributed by atoms with Crippen LogP contribution < -0.4 is 0 Å². The first-order chi connectivity index (χ1) is 9.08. The van der Waals surface area contributed by atoms with Crippen LogP contribution in [0, 0.1) is 20.8 Å². The summed E-state index contributed by atoms with van der Waals surface area (Å²) in [4.78, 5) is 13.3. The second-order valence-corrected chi connectivity index (χ2v) is 5.80. The van der Waals surface area contributed by atoms with Gasteiger partial charge in [-0.1, -0.05) is 23.8 Å². The minimum absolute atomic E-state index is 0.0616. The van der Waals surface area contributed by atoms with Crippen LogP contribution in [0.1, 0.15) is 31.9 Å². The molecule has 0 atom stereocenters. The van der Waals surface area contributed by atoms with Gasteiger partial charge in [0.25, 0.3) is 0 Å². The Kier molecular flexibility index (Phi) is 4.51. The van der Waals surface area contributed by atoms with Gasteiger partial charge in [0.2, 0.25) is 0 Å². The molecule has 3 heteroatoms. The molecule has 0 spiro atoms. The van der Waals surface area contributed by atoms with E-state index in [-0.39, 0.29) is 12.4 Å². The van der Waals surface area contributed by atoms with E-state index in [0.29, 0.717) is 6.61 Å². The summed E-state index contributed by atoms with van der Waals surface area (Å²) >= 11 is 1.64. The summed E-state index contributed by atoms with van der Waals surface area (Å²) in [6.07, 6.45) is 0. The quantitative estimate of drug-likeness (QED) is 0.768. The molecule has 1 heterocycles. The van der Waals surface area contributed by atoms with Gasteiger partial charge in [-0.05, 0) is 43.3 Å². The smallest absolute Gasteiger partial charge is 0.189 e. The van der Waals surface area contributed by atoms with Crippen molar-refractivity contribution in [2.24, 2.45) is 0 Å². The number of hydrogen-bond donors (Lipinski definition) is 0. The van der Waals surface area contributed by atoms with Gasteiger partial charge in [-0.2, -0.15) is 0 Å². The zero-order valence-electron chi connectivity index (χ0n) is 11.5. The molecule has 0 radical (unpaired) electrons. The van der Waals surface area contributed by atoms with Crippen LogP contribution in [0.4, 0.5) is 0 Å². The summed E-state index contributed by atoms with van der Waals surface area (Å²) in [5.41, 5.74) is 4.05. The number of carbonyl (C=O) groups is 1. The highest BCUT2D eigenvalue weighted by Crippen LogP contribution is 2.17. The average molecular weight is 274 g/mol. The molecule has 100 valence electrons. The Hall–Kier alpha value is -1.45. The predicted octanol–water partition coefficient (Wildman–Crippen LogP) is 4.07. The fraction of sp³-hybridized carbons (Fsp3) is 0.312. The third-order valence-electron chi connectivity index (χ3n) is 3.01. The lowest BCUT2D eigenvalue weighted by molar-refractivity contribution is 0.0730. The van der Waals surface area contributed by atoms with Crippen molar-refractivity contribution >= 4 is 17.1 Å². The molecule has 0 aliphatic rings. The first kappa shape index (κ1) is 14.0. The van der Waals surface area contributed by atoms with Crippen LogP contribution in [0.25, 0.3) is 0 Å². The van der Waals surface area contributed by atoms with Crippen LogP contribution in [-0.4, -0.2) is 12.4 Å². The van der Waals surface area contributed by atoms with E-state index in [9.17, 15) is 4.79 Å². The zero-order chi connectivity index (χ0) is 13.8. The molecule has 0 aliphatic heterocycles. The molecular weight excluding hydrogens is 256 g/mol. The van der Waals surface area contributed by atoms with Crippen molar-refractivity contribution in [3.05, 3.63) is 56.8 Å². The number of carbonyl (C=O) groups excluding carboxylic acids is 1. The van der Waals surface area contributed by atoms with E-state index < -0.39 is 0 Å². The highest BCUT2D eigenvalue weighted by atomic mass is 32.1. The lowest BCUT2D eigenvalue weighted by Crippen LogP contribution is -2.12. The predicted molar refractivity (Wildman–Crippen MR) is 79.0 cm³/mol. The highest BCUT2D eigenvalue weighted by molar-refractivity contribution is 7.09. The number of ether oxygens (including phenoxy) is 1. The Bertz CT molecular complexity index is 547. The minimum Gasteiger partial charge on any atom is -0.368 e. The molecule has 19 heavy (non-hydrogen) atoms. The van der Waals surface area contributed by atoms with Crippen LogP contribution in [0.15, 0.2) is 29.6 Å². The van der Waals surface area contributed by atoms with Crippen molar-refractivity contribution in [1.82, 2.24) is 0 Å². The maximum atomic E-state index is 12.2. The Morgan fingerprint density at radius 3 is 2.47 bits per heavy atom. The molecule has 0 fully saturated rings. The summed E-state index contributed by atoms with van der Waals surface area (Å²) in [6.45, 7) is 6.65. The van der Waals surface area contributed by atoms with Crippen molar-refractivity contribution in [2.45, 2.75) is 27.4 Å². The number of Topliss-reactive ketones (excluding diaryl/α,β-unsaturated/α-hetero) is 1. The lowest BCUT2D eigenvalue weighted by atomic mass is 9.97. The van der Waals surface area contributed by atoms with Gasteiger partial charge < -0.3 is 4.74 Å². The molecule has 1 aromatic carbocycles. The van der Waals surface area contributed by atoms with Crippen molar-refractivity contribution in [3.8, 4) is 0 Å². The molecule has 0 bridgehead atoms. The van der Waals surface area contributed by atoms with Crippen molar-refractivity contribution < 1.29 is 9.53 Å². The second-order valence-electron chi connectivity index (χ2n) is 4.77. The third-order valence-corrected chi connectivity index (χ3v) is 3.86. The number of ketones is 1. The standard InChI is InChI=1S/C16H18O2S/c1-11-7-12(2)16(13(3)8-11)15(17)10-18-9-14-5-4-6-19-14/h4-8H,9-10H2,1-3H3. The van der Waals surface area contributed by atoms with Crippen LogP contribution in [0.3, 0.4) is 0 Å². The Labute approximate surface area is 118 Å². The van der Waals surface area contributed by atoms with Gasteiger partial charge in [-0.25, -0.2) is 0 Å². The Morgan fingerprint density at radius 2 is 1.89 bits per heavy atom. The highest BCUT2D eigenvalue weighted by Gasteiger charge is 2.13. The molecule has 0 saturated carbocycles. The SMILES string of the molecule is Cc1cc(C)c(C(=O)COCc2cccs2)c(C)c1. The molecule has 0 N–H and O–H groups in total. The molecule has 2 nitrogen and oxygen atoms in total. The van der Waals surface area contributed by atoms with Gasteiger partial charge in [-0.3, -0.25) is 4.79 Å². The van der Waals surface area contributed by atoms with E-state index in [0.717, 1.165) is 21.6 Å². The van der Waals surface area contributed by atoms with Gasteiger partial charge in [-0.15, -0.1) is 11.3 Å². The molecule has 0 unspecified atom stereocenters. The van der Waals surface area contributed by atoms with Gasteiger partial charge in [0.05, 0.1) is 6.61 Å². The van der Waals surface area contributed by atoms with Crippen LogP contribution in [0.2, 0.25) is 0 Å². The largest absolute Gasteiger partial charge is 0.368 e. The first-order valence-corrected chi connectivity index (χ1v) is 7.17. The van der Waals surface area contributed by atoms with E-state index in [1.807, 2.05) is 50.4 Å². The number of hydrogen-bond acceptors (Lipinski definition) is 3. The zero-order valence-corrected chi connectivity index (χ0v) is 12.3. The van der Waals surface area contributed by atoms with E-state index in [2.05, 4.69) is 0 Å². The molecule has 0 aliphatic carbocycles. The van der Waals surface area contributed by atoms with Crippen molar-refractivity contribution in [2.75, 3.05) is 6.61 Å². The van der Waals surface area contributed by atoms with Crippen LogP contribution >= 0.6 is 11.3 Å². The van der Waals surface area contributed by atoms with E-state index >= 15 is 0 Å². The minimum atomic E-state index is 0.0616. The fourth-order valence-corrected chi connectivity index (χ4v) is 2.97. The molecule has 2 rings (SSSR count). The maximum absolute atomic E-state index is 12.2. The number of benzene rings is 1. The monoisotopic (exact) mass is 274 g/mol. The summed E-state index contributed by atoms with van der Waals surface area (Å²) < 4.78 is 5.50. The second kappa shape index (κ2) is 6.13. The van der Waals surface area contributed by atoms with Gasteiger partial charge in [0, 0.05) is 10.4 Å². The molecule has 0 amide bonds. The van der Waals surface area contributed by atoms with E-state index in [4.69, 9.17) is 4.74 Å². The maximum Gasteiger partial charge on any atom is 0.189 e. The average Bonchev–Trinajstić information content (AvgIpc) is 2.80. The fourth-order valence-electron chi connectivity index (χ4n) is 2.33.